The van der Waals surface area contributed by atoms with Gasteiger partial charge in [-0.15, -0.1) is 0 Å². The molecule has 2 aliphatic heterocycles. The number of halogens is 4. The van der Waals surface area contributed by atoms with Gasteiger partial charge < -0.3 is 30.7 Å². The summed E-state index contributed by atoms with van der Waals surface area (Å²) in [5.41, 5.74) is -2.05. The van der Waals surface area contributed by atoms with Gasteiger partial charge in [0.25, 0.3) is 0 Å². The van der Waals surface area contributed by atoms with Gasteiger partial charge in [0.05, 0.1) is 13.2 Å². The van der Waals surface area contributed by atoms with E-state index in [-0.39, 0.29) is 80.2 Å². The summed E-state index contributed by atoms with van der Waals surface area (Å²) in [6.45, 7) is 1.93. The van der Waals surface area contributed by atoms with E-state index in [1.165, 1.54) is 0 Å². The van der Waals surface area contributed by atoms with Gasteiger partial charge in [-0.1, -0.05) is 35.9 Å². The van der Waals surface area contributed by atoms with Crippen molar-refractivity contribution in [1.82, 2.24) is 20.3 Å². The van der Waals surface area contributed by atoms with E-state index in [1.807, 2.05) is 12.1 Å². The van der Waals surface area contributed by atoms with E-state index >= 15 is 0 Å². The summed E-state index contributed by atoms with van der Waals surface area (Å²) < 4.78 is 74.6. The largest absolute Gasteiger partial charge is 0.511 e. The van der Waals surface area contributed by atoms with Crippen LogP contribution in [-0.4, -0.2) is 102 Å². The van der Waals surface area contributed by atoms with E-state index in [0.717, 1.165) is 29.7 Å². The maximum atomic E-state index is 13.2. The molecule has 49 heavy (non-hydrogen) atoms. The maximum Gasteiger partial charge on any atom is 0.511 e. The van der Waals surface area contributed by atoms with Gasteiger partial charge in [0.2, 0.25) is 5.91 Å². The summed E-state index contributed by atoms with van der Waals surface area (Å²) in [6, 6.07) is 15.7. The van der Waals surface area contributed by atoms with Gasteiger partial charge in [-0.05, 0) is 72.9 Å². The first-order valence-corrected chi connectivity index (χ1v) is 18.7. The molecule has 2 aromatic carbocycles. The van der Waals surface area contributed by atoms with Crippen LogP contribution in [0.4, 0.5) is 18.9 Å². The van der Waals surface area contributed by atoms with Crippen LogP contribution >= 0.6 is 11.6 Å². The third kappa shape index (κ3) is 9.26. The van der Waals surface area contributed by atoms with Crippen LogP contribution in [0.5, 0.6) is 0 Å². The van der Waals surface area contributed by atoms with Crippen molar-refractivity contribution >= 4 is 33.2 Å². The van der Waals surface area contributed by atoms with Crippen LogP contribution in [-0.2, 0) is 24.3 Å². The Balaban J connectivity index is 1.41. The fourth-order valence-corrected chi connectivity index (χ4v) is 8.93. The molecule has 4 N–H and O–H groups in total. The number of ether oxygens (including phenoxy) is 2. The van der Waals surface area contributed by atoms with E-state index in [2.05, 4.69) is 57.7 Å². The smallest absolute Gasteiger partial charge is 0.383 e. The molecule has 15 heteroatoms. The van der Waals surface area contributed by atoms with Gasteiger partial charge in [-0.25, -0.2) is 8.42 Å². The summed E-state index contributed by atoms with van der Waals surface area (Å²) in [4.78, 5) is 13.1. The predicted molar refractivity (Wildman–Crippen MR) is 183 cm³/mol. The standard InChI is InChI=1S/C34H47ClF3N5O5S/c1-47-17-13-39-26-9-5-23(6-10-26)32(22-3-7-25(35)8-4-22)24-19-28-29(21-31(44)42-33(28)30(20-24)40-14-18-48-2)41-27-11-15-43(16-12-27)49(45,46)34(36,37)38/h3-10,24,27-30,32-33,39-41H,11-21H2,1-2H3,(H,42,44). The predicted octanol–water partition coefficient (Wildman–Crippen LogP) is 4.32. The number of fused-ring (bicyclic) bond motifs is 1. The van der Waals surface area contributed by atoms with Crippen molar-refractivity contribution < 1.29 is 35.9 Å². The topological polar surface area (TPSA) is 121 Å². The number of piperidine rings is 2. The summed E-state index contributed by atoms with van der Waals surface area (Å²) in [6.07, 6.45) is 2.25. The lowest BCUT2D eigenvalue weighted by molar-refractivity contribution is -0.127. The van der Waals surface area contributed by atoms with E-state index < -0.39 is 15.5 Å². The number of sulfonamides is 1. The Kier molecular flexibility index (Phi) is 12.9. The Bertz CT molecular complexity index is 1480. The molecule has 0 spiro atoms. The molecule has 6 unspecified atom stereocenters. The summed E-state index contributed by atoms with van der Waals surface area (Å²) in [5.74, 6) is 0.108. The Labute approximate surface area is 291 Å². The summed E-state index contributed by atoms with van der Waals surface area (Å²) in [5, 5.41) is 14.5. The zero-order valence-corrected chi connectivity index (χ0v) is 29.4. The average molecular weight is 730 g/mol. The second-order valence-electron chi connectivity index (χ2n) is 13.2. The highest BCUT2D eigenvalue weighted by Gasteiger charge is 2.51. The van der Waals surface area contributed by atoms with Crippen molar-refractivity contribution in [3.8, 4) is 0 Å². The van der Waals surface area contributed by atoms with Gasteiger partial charge in [0, 0.05) is 87.6 Å². The van der Waals surface area contributed by atoms with Crippen molar-refractivity contribution in [2.45, 2.75) is 67.7 Å². The van der Waals surface area contributed by atoms with Crippen molar-refractivity contribution in [2.24, 2.45) is 11.8 Å². The number of nitrogens with zero attached hydrogens (tertiary/aromatic N) is 1. The lowest BCUT2D eigenvalue weighted by Crippen LogP contribution is -2.67. The normalized spacial score (nSPS) is 26.2. The second-order valence-corrected chi connectivity index (χ2v) is 15.6. The first-order chi connectivity index (χ1) is 23.4. The molecule has 6 atom stereocenters. The zero-order chi connectivity index (χ0) is 35.2. The van der Waals surface area contributed by atoms with Gasteiger partial charge in [0.1, 0.15) is 0 Å². The molecule has 3 fully saturated rings. The molecule has 0 radical (unpaired) electrons. The Morgan fingerprint density at radius 1 is 0.939 bits per heavy atom. The molecule has 1 aliphatic carbocycles. The van der Waals surface area contributed by atoms with E-state index in [0.29, 0.717) is 35.6 Å². The molecular weight excluding hydrogens is 683 g/mol. The molecule has 0 bridgehead atoms. The minimum atomic E-state index is -5.38. The molecule has 272 valence electrons. The molecular formula is C34H47ClF3N5O5S. The van der Waals surface area contributed by atoms with Crippen LogP contribution in [0.2, 0.25) is 5.02 Å². The van der Waals surface area contributed by atoms with Gasteiger partial charge in [-0.3, -0.25) is 4.79 Å². The van der Waals surface area contributed by atoms with Crippen molar-refractivity contribution in [3.63, 3.8) is 0 Å². The third-order valence-electron chi connectivity index (χ3n) is 10.1. The number of rotatable bonds is 14. The highest BCUT2D eigenvalue weighted by molar-refractivity contribution is 7.90. The molecule has 1 amide bonds. The second kappa shape index (κ2) is 16.7. The number of amides is 1. The number of hydrogen-bond donors (Lipinski definition) is 4. The number of benzene rings is 2. The average Bonchev–Trinajstić information content (AvgIpc) is 3.07. The molecule has 5 rings (SSSR count). The summed E-state index contributed by atoms with van der Waals surface area (Å²) >= 11 is 6.32. The van der Waals surface area contributed by atoms with Crippen molar-refractivity contribution in [3.05, 3.63) is 64.7 Å². The Morgan fingerprint density at radius 2 is 1.55 bits per heavy atom. The minimum absolute atomic E-state index is 0.0122. The Morgan fingerprint density at radius 3 is 2.16 bits per heavy atom. The number of methoxy groups -OCH3 is 2. The van der Waals surface area contributed by atoms with Crippen LogP contribution in [0, 0.1) is 11.8 Å². The van der Waals surface area contributed by atoms with E-state index in [4.69, 9.17) is 21.1 Å². The van der Waals surface area contributed by atoms with Crippen LogP contribution in [0.1, 0.15) is 49.1 Å². The number of anilines is 1. The lowest BCUT2D eigenvalue weighted by Gasteiger charge is -2.51. The van der Waals surface area contributed by atoms with Gasteiger partial charge in [0.15, 0.2) is 0 Å². The molecule has 3 aliphatic rings. The molecule has 2 saturated heterocycles. The van der Waals surface area contributed by atoms with Crippen LogP contribution in [0.25, 0.3) is 0 Å². The number of carbonyl (C=O) groups is 1. The fourth-order valence-electron chi connectivity index (χ4n) is 7.82. The van der Waals surface area contributed by atoms with Crippen LogP contribution in [0.3, 0.4) is 0 Å². The van der Waals surface area contributed by atoms with Gasteiger partial charge in [-0.2, -0.15) is 17.5 Å². The number of alkyl halides is 3. The highest BCUT2D eigenvalue weighted by atomic mass is 35.5. The maximum absolute atomic E-state index is 13.2. The number of hydrogen-bond acceptors (Lipinski definition) is 8. The monoisotopic (exact) mass is 729 g/mol. The van der Waals surface area contributed by atoms with Gasteiger partial charge >= 0.3 is 15.5 Å². The van der Waals surface area contributed by atoms with Crippen molar-refractivity contribution in [1.29, 1.82) is 0 Å². The number of nitrogens with one attached hydrogen (secondary N) is 4. The third-order valence-corrected chi connectivity index (χ3v) is 12.0. The van der Waals surface area contributed by atoms with Crippen LogP contribution in [0.15, 0.2) is 48.5 Å². The molecule has 10 nitrogen and oxygen atoms in total. The van der Waals surface area contributed by atoms with E-state index in [9.17, 15) is 26.4 Å². The van der Waals surface area contributed by atoms with Crippen LogP contribution < -0.4 is 21.3 Å². The van der Waals surface area contributed by atoms with Crippen molar-refractivity contribution in [2.75, 3.05) is 58.9 Å². The summed E-state index contributed by atoms with van der Waals surface area (Å²) in [7, 11) is -2.07. The Hall–Kier alpha value is -2.46. The minimum Gasteiger partial charge on any atom is -0.383 e. The fraction of sp³-hybridized carbons (Fsp3) is 0.618. The SMILES string of the molecule is COCCNc1ccc(C(c2ccc(Cl)cc2)C2CC(NCCOC)C3NC(=O)CC(NC4CCN(S(=O)(=O)C(F)(F)F)CC4)C3C2)cc1. The quantitative estimate of drug-likeness (QED) is 0.213. The highest BCUT2D eigenvalue weighted by Crippen LogP contribution is 2.45. The number of carbonyl (C=O) groups excluding carboxylic acids is 1. The molecule has 2 aromatic rings. The van der Waals surface area contributed by atoms with E-state index in [1.54, 1.807) is 14.2 Å². The molecule has 2 heterocycles. The first-order valence-electron chi connectivity index (χ1n) is 16.8. The molecule has 0 aromatic heterocycles. The first kappa shape index (κ1) is 37.8. The zero-order valence-electron chi connectivity index (χ0n) is 27.8. The molecule has 1 saturated carbocycles. The lowest BCUT2D eigenvalue weighted by atomic mass is 9.64.